The smallest absolute Gasteiger partial charge is 0.222 e. The van der Waals surface area contributed by atoms with Crippen molar-refractivity contribution in [1.82, 2.24) is 10.6 Å². The molecule has 2 aromatic rings. The number of hydrogen-bond acceptors (Lipinski definition) is 2. The number of carbonyl (C=O) groups is 2. The highest BCUT2D eigenvalue weighted by atomic mass is 16.2. The Morgan fingerprint density at radius 1 is 1.04 bits per heavy atom. The van der Waals surface area contributed by atoms with Gasteiger partial charge in [-0.3, -0.25) is 9.59 Å². The van der Waals surface area contributed by atoms with Gasteiger partial charge in [0.1, 0.15) is 0 Å². The molecule has 1 unspecified atom stereocenters. The van der Waals surface area contributed by atoms with Crippen molar-refractivity contribution in [3.05, 3.63) is 71.3 Å². The summed E-state index contributed by atoms with van der Waals surface area (Å²) in [5.74, 6) is -0.169. The van der Waals surface area contributed by atoms with Gasteiger partial charge in [0.25, 0.3) is 0 Å². The van der Waals surface area contributed by atoms with E-state index in [-0.39, 0.29) is 29.7 Å². The van der Waals surface area contributed by atoms with Crippen LogP contribution in [-0.2, 0) is 15.0 Å². The molecule has 2 aromatic carbocycles. The Balaban J connectivity index is 1.61. The normalized spacial score (nSPS) is 15.8. The zero-order chi connectivity index (χ0) is 18.6. The third-order valence-corrected chi connectivity index (χ3v) is 5.11. The molecule has 2 N–H and O–H groups in total. The summed E-state index contributed by atoms with van der Waals surface area (Å²) in [7, 11) is 0. The Bertz CT molecular complexity index is 764. The zero-order valence-corrected chi connectivity index (χ0v) is 15.4. The van der Waals surface area contributed by atoms with Gasteiger partial charge < -0.3 is 10.6 Å². The summed E-state index contributed by atoms with van der Waals surface area (Å²) in [5, 5.41) is 5.97. The lowest BCUT2D eigenvalue weighted by Crippen LogP contribution is -2.36. The highest BCUT2D eigenvalue weighted by Gasteiger charge is 2.44. The second kappa shape index (κ2) is 7.73. The molecule has 1 atom stereocenters. The van der Waals surface area contributed by atoms with Crippen molar-refractivity contribution in [2.24, 2.45) is 0 Å². The van der Waals surface area contributed by atoms with E-state index in [9.17, 15) is 9.59 Å². The Labute approximate surface area is 155 Å². The molecule has 1 aliphatic rings. The molecule has 0 aliphatic heterocycles. The average Bonchev–Trinajstić information content (AvgIpc) is 3.42. The molecular formula is C22H26N2O2. The molecule has 0 bridgehead atoms. The van der Waals surface area contributed by atoms with Gasteiger partial charge in [-0.25, -0.2) is 0 Å². The molecule has 4 heteroatoms. The maximum absolute atomic E-state index is 12.5. The van der Waals surface area contributed by atoms with Gasteiger partial charge in [0.05, 0.1) is 12.5 Å². The van der Waals surface area contributed by atoms with E-state index in [1.165, 1.54) is 12.5 Å². The summed E-state index contributed by atoms with van der Waals surface area (Å²) in [5.41, 5.74) is 3.48. The Kier molecular flexibility index (Phi) is 5.40. The number of aryl methyl sites for hydroxylation is 1. The molecule has 0 radical (unpaired) electrons. The molecule has 3 rings (SSSR count). The number of hydrogen-bond donors (Lipinski definition) is 2. The first-order valence-electron chi connectivity index (χ1n) is 9.14. The Morgan fingerprint density at radius 2 is 1.69 bits per heavy atom. The molecular weight excluding hydrogens is 324 g/mol. The van der Waals surface area contributed by atoms with Crippen LogP contribution in [0.5, 0.6) is 0 Å². The fourth-order valence-electron chi connectivity index (χ4n) is 3.33. The van der Waals surface area contributed by atoms with Gasteiger partial charge >= 0.3 is 0 Å². The molecule has 0 saturated heterocycles. The van der Waals surface area contributed by atoms with Gasteiger partial charge in [-0.2, -0.15) is 0 Å². The van der Waals surface area contributed by atoms with Crippen LogP contribution in [0.3, 0.4) is 0 Å². The van der Waals surface area contributed by atoms with E-state index in [1.54, 1.807) is 0 Å². The van der Waals surface area contributed by atoms with Crippen LogP contribution in [0.25, 0.3) is 0 Å². The average molecular weight is 350 g/mol. The number of nitrogens with one attached hydrogen (secondary N) is 2. The van der Waals surface area contributed by atoms with Crippen LogP contribution in [-0.4, -0.2) is 18.4 Å². The van der Waals surface area contributed by atoms with Crippen molar-refractivity contribution in [3.63, 3.8) is 0 Å². The predicted molar refractivity (Wildman–Crippen MR) is 103 cm³/mol. The fourth-order valence-corrected chi connectivity index (χ4v) is 3.33. The molecule has 4 nitrogen and oxygen atoms in total. The lowest BCUT2D eigenvalue weighted by Gasteiger charge is -2.20. The molecule has 0 heterocycles. The summed E-state index contributed by atoms with van der Waals surface area (Å²) < 4.78 is 0. The number of rotatable bonds is 7. The quantitative estimate of drug-likeness (QED) is 0.804. The minimum atomic E-state index is -0.306. The third kappa shape index (κ3) is 4.51. The van der Waals surface area contributed by atoms with Crippen molar-refractivity contribution < 1.29 is 9.59 Å². The topological polar surface area (TPSA) is 58.2 Å². The molecule has 1 fully saturated rings. The minimum Gasteiger partial charge on any atom is -0.355 e. The van der Waals surface area contributed by atoms with Crippen LogP contribution in [0.15, 0.2) is 54.6 Å². The van der Waals surface area contributed by atoms with Crippen LogP contribution in [0.4, 0.5) is 0 Å². The SMILES string of the molecule is CC(=O)NC(CC(=O)NCC1(c2ccccc2)CC1)c1ccc(C)cc1. The zero-order valence-electron chi connectivity index (χ0n) is 15.4. The van der Waals surface area contributed by atoms with E-state index >= 15 is 0 Å². The molecule has 1 aliphatic carbocycles. The molecule has 136 valence electrons. The largest absolute Gasteiger partial charge is 0.355 e. The van der Waals surface area contributed by atoms with Crippen LogP contribution in [0.2, 0.25) is 0 Å². The summed E-state index contributed by atoms with van der Waals surface area (Å²) in [6.45, 7) is 4.15. The van der Waals surface area contributed by atoms with Crippen LogP contribution < -0.4 is 10.6 Å². The van der Waals surface area contributed by atoms with Gasteiger partial charge in [0, 0.05) is 18.9 Å². The first-order chi connectivity index (χ1) is 12.5. The standard InChI is InChI=1S/C22H26N2O2/c1-16-8-10-18(11-9-16)20(24-17(2)25)14-21(26)23-15-22(12-13-22)19-6-4-3-5-7-19/h3-11,20H,12-15H2,1-2H3,(H,23,26)(H,24,25). The van der Waals surface area contributed by atoms with E-state index in [0.29, 0.717) is 6.54 Å². The van der Waals surface area contributed by atoms with E-state index in [0.717, 1.165) is 24.0 Å². The van der Waals surface area contributed by atoms with Gasteiger partial charge in [-0.1, -0.05) is 60.2 Å². The highest BCUT2D eigenvalue weighted by molar-refractivity contribution is 5.79. The summed E-state index contributed by atoms with van der Waals surface area (Å²) >= 11 is 0. The first-order valence-corrected chi connectivity index (χ1v) is 9.14. The van der Waals surface area contributed by atoms with E-state index < -0.39 is 0 Å². The van der Waals surface area contributed by atoms with E-state index in [4.69, 9.17) is 0 Å². The van der Waals surface area contributed by atoms with Crippen LogP contribution >= 0.6 is 0 Å². The van der Waals surface area contributed by atoms with Gasteiger partial charge in [0.2, 0.25) is 11.8 Å². The summed E-state index contributed by atoms with van der Waals surface area (Å²) in [6.07, 6.45) is 2.45. The van der Waals surface area contributed by atoms with E-state index in [1.807, 2.05) is 49.4 Å². The summed E-state index contributed by atoms with van der Waals surface area (Å²) in [4.78, 5) is 24.1. The maximum atomic E-state index is 12.5. The number of amides is 2. The van der Waals surface area contributed by atoms with Crippen molar-refractivity contribution in [2.75, 3.05) is 6.54 Å². The monoisotopic (exact) mass is 350 g/mol. The lowest BCUT2D eigenvalue weighted by molar-refractivity contribution is -0.122. The maximum Gasteiger partial charge on any atom is 0.222 e. The van der Waals surface area contributed by atoms with Gasteiger partial charge in [0.15, 0.2) is 0 Å². The molecule has 0 aromatic heterocycles. The fraction of sp³-hybridized carbons (Fsp3) is 0.364. The second-order valence-corrected chi connectivity index (χ2v) is 7.29. The molecule has 0 spiro atoms. The number of benzene rings is 2. The predicted octanol–water partition coefficient (Wildman–Crippen LogP) is 3.41. The molecule has 26 heavy (non-hydrogen) atoms. The molecule has 2 amide bonds. The summed E-state index contributed by atoms with van der Waals surface area (Å²) in [6, 6.07) is 18.0. The molecule has 1 saturated carbocycles. The van der Waals surface area contributed by atoms with Crippen LogP contribution in [0, 0.1) is 6.92 Å². The first kappa shape index (κ1) is 18.2. The lowest BCUT2D eigenvalue weighted by atomic mass is 9.95. The van der Waals surface area contributed by atoms with Crippen molar-refractivity contribution >= 4 is 11.8 Å². The third-order valence-electron chi connectivity index (χ3n) is 5.11. The van der Waals surface area contributed by atoms with E-state index in [2.05, 4.69) is 22.8 Å². The van der Waals surface area contributed by atoms with Crippen LogP contribution in [0.1, 0.15) is 48.9 Å². The van der Waals surface area contributed by atoms with Crippen molar-refractivity contribution in [1.29, 1.82) is 0 Å². The highest BCUT2D eigenvalue weighted by Crippen LogP contribution is 2.47. The Hall–Kier alpha value is -2.62. The Morgan fingerprint density at radius 3 is 2.27 bits per heavy atom. The number of carbonyl (C=O) groups excluding carboxylic acids is 2. The van der Waals surface area contributed by atoms with Crippen molar-refractivity contribution in [3.8, 4) is 0 Å². The second-order valence-electron chi connectivity index (χ2n) is 7.29. The minimum absolute atomic E-state index is 0.0356. The van der Waals surface area contributed by atoms with Gasteiger partial charge in [-0.15, -0.1) is 0 Å². The van der Waals surface area contributed by atoms with Crippen molar-refractivity contribution in [2.45, 2.75) is 44.6 Å². The van der Waals surface area contributed by atoms with Gasteiger partial charge in [-0.05, 0) is 30.9 Å².